The monoisotopic (exact) mass is 565 g/mol. The highest BCUT2D eigenvalue weighted by Gasteiger charge is 2.45. The van der Waals surface area contributed by atoms with E-state index in [2.05, 4.69) is 10.3 Å². The molecular weight excluding hydrogens is 537 g/mol. The lowest BCUT2D eigenvalue weighted by atomic mass is 9.82. The largest absolute Gasteiger partial charge is 0.471 e. The lowest BCUT2D eigenvalue weighted by Gasteiger charge is -2.41. The molecule has 0 spiro atoms. The Morgan fingerprint density at radius 2 is 1.82 bits per heavy atom. The van der Waals surface area contributed by atoms with Gasteiger partial charge in [0.15, 0.2) is 0 Å². The van der Waals surface area contributed by atoms with E-state index in [9.17, 15) is 36.3 Å². The molecule has 8 nitrogen and oxygen atoms in total. The highest BCUT2D eigenvalue weighted by atomic mass is 19.4. The van der Waals surface area contributed by atoms with Gasteiger partial charge in [-0.05, 0) is 47.7 Å². The van der Waals surface area contributed by atoms with Gasteiger partial charge in [-0.3, -0.25) is 14.4 Å². The number of likely N-dealkylation sites (tertiary alicyclic amines) is 1. The number of carbonyl (C=O) groups excluding carboxylic acids is 3. The number of carbonyl (C=O) groups is 3. The molecule has 3 aromatic rings. The summed E-state index contributed by atoms with van der Waals surface area (Å²) in [6, 6.07) is 3.52. The van der Waals surface area contributed by atoms with Crippen molar-refractivity contribution in [2.75, 3.05) is 13.1 Å². The van der Waals surface area contributed by atoms with Crippen molar-refractivity contribution in [1.82, 2.24) is 24.9 Å². The molecule has 13 heteroatoms. The molecule has 0 aliphatic carbocycles. The maximum atomic E-state index is 14.8. The SMILES string of the molecule is CC(C)(C)[C@H](NC(=O)C(F)(F)F)C(=O)N[C@@H]1CN(C(=O)c2cccn3cncc23)CC[C@H]1c1cc(F)ccc1F. The summed E-state index contributed by atoms with van der Waals surface area (Å²) >= 11 is 0. The van der Waals surface area contributed by atoms with Gasteiger partial charge in [0.05, 0.1) is 29.6 Å². The number of halogens is 5. The first-order valence-corrected chi connectivity index (χ1v) is 12.5. The molecule has 3 atom stereocenters. The fourth-order valence-corrected chi connectivity index (χ4v) is 4.91. The van der Waals surface area contributed by atoms with E-state index in [1.165, 1.54) is 38.2 Å². The van der Waals surface area contributed by atoms with E-state index in [-0.39, 0.29) is 25.1 Å². The van der Waals surface area contributed by atoms with Crippen molar-refractivity contribution in [3.63, 3.8) is 0 Å². The van der Waals surface area contributed by atoms with E-state index in [0.29, 0.717) is 11.1 Å². The number of rotatable bonds is 5. The predicted molar refractivity (Wildman–Crippen MR) is 134 cm³/mol. The molecule has 214 valence electrons. The number of piperidine rings is 1. The maximum absolute atomic E-state index is 14.8. The second-order valence-corrected chi connectivity index (χ2v) is 10.8. The fraction of sp³-hybridized carbons (Fsp3) is 0.407. The fourth-order valence-electron chi connectivity index (χ4n) is 4.91. The number of benzene rings is 1. The number of nitrogens with one attached hydrogen (secondary N) is 2. The van der Waals surface area contributed by atoms with Crippen molar-refractivity contribution in [3.8, 4) is 0 Å². The zero-order valence-electron chi connectivity index (χ0n) is 21.9. The summed E-state index contributed by atoms with van der Waals surface area (Å²) in [6.07, 6.45) is -0.355. The van der Waals surface area contributed by atoms with Gasteiger partial charge in [-0.25, -0.2) is 13.8 Å². The van der Waals surface area contributed by atoms with Crippen LogP contribution in [0, 0.1) is 17.0 Å². The van der Waals surface area contributed by atoms with E-state index < -0.39 is 58.9 Å². The Kier molecular flexibility index (Phi) is 7.86. The Morgan fingerprint density at radius 3 is 2.50 bits per heavy atom. The van der Waals surface area contributed by atoms with Crippen LogP contribution in [0.15, 0.2) is 49.1 Å². The zero-order valence-corrected chi connectivity index (χ0v) is 21.9. The number of hydrogen-bond donors (Lipinski definition) is 2. The molecule has 3 amide bonds. The van der Waals surface area contributed by atoms with E-state index in [0.717, 1.165) is 18.2 Å². The Labute approximate surface area is 226 Å². The number of hydrogen-bond acceptors (Lipinski definition) is 4. The molecule has 0 saturated carbocycles. The van der Waals surface area contributed by atoms with Gasteiger partial charge in [0.25, 0.3) is 5.91 Å². The minimum Gasteiger partial charge on any atom is -0.349 e. The van der Waals surface area contributed by atoms with Crippen LogP contribution in [-0.2, 0) is 9.59 Å². The third-order valence-corrected chi connectivity index (χ3v) is 6.93. The second-order valence-electron chi connectivity index (χ2n) is 10.8. The number of aromatic nitrogens is 2. The van der Waals surface area contributed by atoms with Crippen molar-refractivity contribution in [2.24, 2.45) is 5.41 Å². The van der Waals surface area contributed by atoms with Crippen LogP contribution in [-0.4, -0.2) is 63.4 Å². The quantitative estimate of drug-likeness (QED) is 0.460. The Balaban J connectivity index is 1.66. The minimum absolute atomic E-state index is 0.0399. The number of fused-ring (bicyclic) bond motifs is 1. The molecule has 1 fully saturated rings. The highest BCUT2D eigenvalue weighted by Crippen LogP contribution is 2.32. The van der Waals surface area contributed by atoms with Gasteiger partial charge in [0, 0.05) is 25.2 Å². The minimum atomic E-state index is -5.22. The van der Waals surface area contributed by atoms with Gasteiger partial charge >= 0.3 is 12.1 Å². The molecule has 1 aliphatic rings. The summed E-state index contributed by atoms with van der Waals surface area (Å²) < 4.78 is 69.6. The van der Waals surface area contributed by atoms with Crippen LogP contribution in [0.3, 0.4) is 0 Å². The first-order chi connectivity index (χ1) is 18.7. The molecule has 0 radical (unpaired) electrons. The summed E-state index contributed by atoms with van der Waals surface area (Å²) in [5.41, 5.74) is -0.326. The Morgan fingerprint density at radius 1 is 1.10 bits per heavy atom. The molecule has 2 N–H and O–H groups in total. The molecule has 0 bridgehead atoms. The van der Waals surface area contributed by atoms with Crippen molar-refractivity contribution < 1.29 is 36.3 Å². The molecule has 1 saturated heterocycles. The second kappa shape index (κ2) is 10.9. The van der Waals surface area contributed by atoms with Gasteiger partial charge in [0.2, 0.25) is 5.91 Å². The van der Waals surface area contributed by atoms with Crippen LogP contribution in [0.2, 0.25) is 0 Å². The average Bonchev–Trinajstić information content (AvgIpc) is 3.36. The van der Waals surface area contributed by atoms with Crippen molar-refractivity contribution >= 4 is 23.2 Å². The number of pyridine rings is 1. The first kappa shape index (κ1) is 29.0. The van der Waals surface area contributed by atoms with E-state index in [4.69, 9.17) is 0 Å². The maximum Gasteiger partial charge on any atom is 0.471 e. The van der Waals surface area contributed by atoms with Crippen LogP contribution in [0.25, 0.3) is 5.52 Å². The molecule has 0 unspecified atom stereocenters. The van der Waals surface area contributed by atoms with Crippen molar-refractivity contribution in [3.05, 3.63) is 71.8 Å². The van der Waals surface area contributed by atoms with Gasteiger partial charge in [-0.1, -0.05) is 20.8 Å². The normalized spacial score (nSPS) is 18.9. The molecule has 1 aliphatic heterocycles. The predicted octanol–water partition coefficient (Wildman–Crippen LogP) is 3.82. The number of alkyl halides is 3. The molecule has 3 heterocycles. The molecule has 1 aromatic carbocycles. The smallest absolute Gasteiger partial charge is 0.349 e. The lowest BCUT2D eigenvalue weighted by Crippen LogP contribution is -2.61. The molecule has 40 heavy (non-hydrogen) atoms. The van der Waals surface area contributed by atoms with Crippen molar-refractivity contribution in [2.45, 2.75) is 51.4 Å². The van der Waals surface area contributed by atoms with E-state index in [1.54, 1.807) is 28.0 Å². The van der Waals surface area contributed by atoms with Crippen molar-refractivity contribution in [1.29, 1.82) is 0 Å². The number of imidazole rings is 1. The number of amides is 3. The summed E-state index contributed by atoms with van der Waals surface area (Å²) in [5.74, 6) is -5.90. The van der Waals surface area contributed by atoms with Crippen LogP contribution < -0.4 is 10.6 Å². The van der Waals surface area contributed by atoms with Crippen LogP contribution in [0.1, 0.15) is 49.0 Å². The number of nitrogens with zero attached hydrogens (tertiary/aromatic N) is 3. The zero-order chi connectivity index (χ0) is 29.4. The standard InChI is InChI=1S/C27H28F5N5O3/c1-26(2,3)22(35-25(40)27(30,31)32)23(38)34-20-13-36(10-8-16(20)18-11-15(28)6-7-19(18)29)24(39)17-5-4-9-37-14-33-12-21(17)37/h4-7,9,11-12,14,16,20,22H,8,10,13H2,1-3H3,(H,34,38)(H,35,40)/t16-,20+,22+/m0/s1. The van der Waals surface area contributed by atoms with Gasteiger partial charge in [-0.15, -0.1) is 0 Å². The Bertz CT molecular complexity index is 1430. The van der Waals surface area contributed by atoms with Crippen LogP contribution in [0.5, 0.6) is 0 Å². The third kappa shape index (κ3) is 6.07. The summed E-state index contributed by atoms with van der Waals surface area (Å²) in [4.78, 5) is 44.0. The summed E-state index contributed by atoms with van der Waals surface area (Å²) in [5, 5.41) is 4.36. The third-order valence-electron chi connectivity index (χ3n) is 6.93. The van der Waals surface area contributed by atoms with E-state index in [1.807, 2.05) is 0 Å². The molecule has 4 rings (SSSR count). The molecular formula is C27H28F5N5O3. The van der Waals surface area contributed by atoms with Gasteiger partial charge in [-0.2, -0.15) is 13.2 Å². The van der Waals surface area contributed by atoms with Crippen LogP contribution >= 0.6 is 0 Å². The summed E-state index contributed by atoms with van der Waals surface area (Å²) in [6.45, 7) is 4.40. The van der Waals surface area contributed by atoms with Crippen LogP contribution in [0.4, 0.5) is 22.0 Å². The molecule has 2 aromatic heterocycles. The first-order valence-electron chi connectivity index (χ1n) is 12.5. The van der Waals surface area contributed by atoms with Gasteiger partial charge < -0.3 is 19.9 Å². The highest BCUT2D eigenvalue weighted by molar-refractivity contribution is 6.00. The van der Waals surface area contributed by atoms with E-state index >= 15 is 0 Å². The lowest BCUT2D eigenvalue weighted by molar-refractivity contribution is -0.175. The Hall–Kier alpha value is -4.03. The average molecular weight is 566 g/mol. The van der Waals surface area contributed by atoms with Gasteiger partial charge in [0.1, 0.15) is 17.7 Å². The summed E-state index contributed by atoms with van der Waals surface area (Å²) in [7, 11) is 0. The topological polar surface area (TPSA) is 95.8 Å².